The molecule has 2 rings (SSSR count). The van der Waals surface area contributed by atoms with Gasteiger partial charge in [0.05, 0.1) is 12.7 Å². The Morgan fingerprint density at radius 1 is 1.48 bits per heavy atom. The molecular formula is C15H17BrN2O3. The molecule has 2 N–H and O–H groups in total. The molecule has 1 aromatic heterocycles. The first kappa shape index (κ1) is 15.7. The SMILES string of the molecule is CCCC(NCc1ncc(-c2ccccc2Br)o1)C(=O)O. The fourth-order valence-electron chi connectivity index (χ4n) is 1.99. The van der Waals surface area contributed by atoms with Gasteiger partial charge in [0.25, 0.3) is 0 Å². The zero-order valence-electron chi connectivity index (χ0n) is 11.7. The molecule has 21 heavy (non-hydrogen) atoms. The van der Waals surface area contributed by atoms with E-state index in [1.165, 1.54) is 0 Å². The molecule has 112 valence electrons. The van der Waals surface area contributed by atoms with Crippen LogP contribution in [0, 0.1) is 0 Å². The Morgan fingerprint density at radius 3 is 2.90 bits per heavy atom. The largest absolute Gasteiger partial charge is 0.480 e. The van der Waals surface area contributed by atoms with Crippen molar-refractivity contribution in [1.29, 1.82) is 0 Å². The van der Waals surface area contributed by atoms with Gasteiger partial charge in [0.1, 0.15) is 6.04 Å². The number of carboxylic acid groups (broad SMARTS) is 1. The van der Waals surface area contributed by atoms with Crippen molar-refractivity contribution in [3.63, 3.8) is 0 Å². The van der Waals surface area contributed by atoms with Crippen molar-refractivity contribution < 1.29 is 14.3 Å². The molecule has 1 heterocycles. The van der Waals surface area contributed by atoms with Crippen LogP contribution in [-0.4, -0.2) is 22.1 Å². The number of halogens is 1. The summed E-state index contributed by atoms with van der Waals surface area (Å²) >= 11 is 3.46. The number of carbonyl (C=O) groups is 1. The first-order valence-electron chi connectivity index (χ1n) is 6.77. The minimum Gasteiger partial charge on any atom is -0.480 e. The lowest BCUT2D eigenvalue weighted by Crippen LogP contribution is -2.36. The smallest absolute Gasteiger partial charge is 0.320 e. The number of hydrogen-bond donors (Lipinski definition) is 2. The van der Waals surface area contributed by atoms with Gasteiger partial charge in [0.15, 0.2) is 5.76 Å². The van der Waals surface area contributed by atoms with Gasteiger partial charge in [0.2, 0.25) is 5.89 Å². The van der Waals surface area contributed by atoms with Gasteiger partial charge in [-0.3, -0.25) is 10.1 Å². The first-order valence-corrected chi connectivity index (χ1v) is 7.57. The highest BCUT2D eigenvalue weighted by Gasteiger charge is 2.17. The number of carboxylic acids is 1. The Hall–Kier alpha value is -1.66. The number of hydrogen-bond acceptors (Lipinski definition) is 4. The van der Waals surface area contributed by atoms with Crippen LogP contribution in [0.25, 0.3) is 11.3 Å². The second-order valence-corrected chi connectivity index (χ2v) is 5.51. The van der Waals surface area contributed by atoms with Crippen LogP contribution in [0.2, 0.25) is 0 Å². The molecule has 0 saturated carbocycles. The minimum absolute atomic E-state index is 0.293. The highest BCUT2D eigenvalue weighted by atomic mass is 79.9. The quantitative estimate of drug-likeness (QED) is 0.798. The molecule has 0 aliphatic heterocycles. The monoisotopic (exact) mass is 352 g/mol. The molecule has 0 amide bonds. The third-order valence-electron chi connectivity index (χ3n) is 3.07. The normalized spacial score (nSPS) is 12.3. The molecule has 0 spiro atoms. The van der Waals surface area contributed by atoms with Crippen LogP contribution in [0.4, 0.5) is 0 Å². The maximum atomic E-state index is 11.1. The lowest BCUT2D eigenvalue weighted by Gasteiger charge is -2.11. The Kier molecular flexibility index (Phi) is 5.52. The minimum atomic E-state index is -0.852. The number of aliphatic carboxylic acids is 1. The van der Waals surface area contributed by atoms with Crippen LogP contribution in [0.5, 0.6) is 0 Å². The van der Waals surface area contributed by atoms with Crippen LogP contribution < -0.4 is 5.32 Å². The van der Waals surface area contributed by atoms with E-state index in [2.05, 4.69) is 26.2 Å². The molecular weight excluding hydrogens is 336 g/mol. The molecule has 5 nitrogen and oxygen atoms in total. The predicted octanol–water partition coefficient (Wildman–Crippen LogP) is 3.45. The zero-order valence-corrected chi connectivity index (χ0v) is 13.3. The predicted molar refractivity (Wildman–Crippen MR) is 82.8 cm³/mol. The van der Waals surface area contributed by atoms with Crippen molar-refractivity contribution in [3.05, 3.63) is 40.8 Å². The third-order valence-corrected chi connectivity index (χ3v) is 3.76. The molecule has 0 radical (unpaired) electrons. The van der Waals surface area contributed by atoms with E-state index in [0.29, 0.717) is 24.6 Å². The maximum Gasteiger partial charge on any atom is 0.320 e. The molecule has 6 heteroatoms. The van der Waals surface area contributed by atoms with Gasteiger partial charge in [-0.2, -0.15) is 0 Å². The van der Waals surface area contributed by atoms with Crippen LogP contribution in [-0.2, 0) is 11.3 Å². The lowest BCUT2D eigenvalue weighted by molar-refractivity contribution is -0.139. The Labute approximate surface area is 131 Å². The summed E-state index contributed by atoms with van der Waals surface area (Å²) in [7, 11) is 0. The number of rotatable bonds is 7. The van der Waals surface area contributed by atoms with E-state index in [1.807, 2.05) is 31.2 Å². The molecule has 0 aliphatic carbocycles. The van der Waals surface area contributed by atoms with Crippen LogP contribution >= 0.6 is 15.9 Å². The molecule has 1 unspecified atom stereocenters. The Bertz CT molecular complexity index is 612. The molecule has 0 aliphatic rings. The van der Waals surface area contributed by atoms with Crippen molar-refractivity contribution in [2.24, 2.45) is 0 Å². The number of nitrogens with one attached hydrogen (secondary N) is 1. The van der Waals surface area contributed by atoms with Gasteiger partial charge in [-0.25, -0.2) is 4.98 Å². The van der Waals surface area contributed by atoms with E-state index in [-0.39, 0.29) is 0 Å². The number of benzene rings is 1. The van der Waals surface area contributed by atoms with Crippen molar-refractivity contribution >= 4 is 21.9 Å². The summed E-state index contributed by atoms with van der Waals surface area (Å²) < 4.78 is 6.59. The van der Waals surface area contributed by atoms with Crippen molar-refractivity contribution in [2.75, 3.05) is 0 Å². The van der Waals surface area contributed by atoms with Gasteiger partial charge in [0, 0.05) is 10.0 Å². The van der Waals surface area contributed by atoms with Crippen molar-refractivity contribution in [1.82, 2.24) is 10.3 Å². The first-order chi connectivity index (χ1) is 10.1. The molecule has 1 aromatic carbocycles. The summed E-state index contributed by atoms with van der Waals surface area (Å²) in [6.07, 6.45) is 3.03. The fraction of sp³-hybridized carbons (Fsp3) is 0.333. The van der Waals surface area contributed by atoms with Crippen LogP contribution in [0.1, 0.15) is 25.7 Å². The maximum absolute atomic E-state index is 11.1. The molecule has 2 aromatic rings. The van der Waals surface area contributed by atoms with Crippen LogP contribution in [0.15, 0.2) is 39.4 Å². The standard InChI is InChI=1S/C15H17BrN2O3/c1-2-5-12(15(19)20)17-9-14-18-8-13(21-14)10-6-3-4-7-11(10)16/h3-4,6-8,12,17H,2,5,9H2,1H3,(H,19,20). The molecule has 0 fully saturated rings. The van der Waals surface area contributed by atoms with E-state index in [9.17, 15) is 4.79 Å². The zero-order chi connectivity index (χ0) is 15.2. The highest BCUT2D eigenvalue weighted by Crippen LogP contribution is 2.28. The number of nitrogens with zero attached hydrogens (tertiary/aromatic N) is 1. The average molecular weight is 353 g/mol. The topological polar surface area (TPSA) is 75.4 Å². The van der Waals surface area contributed by atoms with Crippen molar-refractivity contribution in [2.45, 2.75) is 32.4 Å². The number of oxazole rings is 1. The third kappa shape index (κ3) is 4.15. The summed E-state index contributed by atoms with van der Waals surface area (Å²) in [6, 6.07) is 7.13. The summed E-state index contributed by atoms with van der Waals surface area (Å²) in [6.45, 7) is 2.25. The van der Waals surface area contributed by atoms with Crippen LogP contribution in [0.3, 0.4) is 0 Å². The van der Waals surface area contributed by atoms with Gasteiger partial charge in [-0.15, -0.1) is 0 Å². The van der Waals surface area contributed by atoms with E-state index < -0.39 is 12.0 Å². The number of aromatic nitrogens is 1. The van der Waals surface area contributed by atoms with E-state index >= 15 is 0 Å². The summed E-state index contributed by atoms with van der Waals surface area (Å²) in [5.41, 5.74) is 0.916. The molecule has 0 bridgehead atoms. The van der Waals surface area contributed by atoms with Gasteiger partial charge >= 0.3 is 5.97 Å². The van der Waals surface area contributed by atoms with Gasteiger partial charge in [-0.05, 0) is 12.5 Å². The summed E-state index contributed by atoms with van der Waals surface area (Å²) in [4.78, 5) is 15.2. The van der Waals surface area contributed by atoms with E-state index in [4.69, 9.17) is 9.52 Å². The van der Waals surface area contributed by atoms with E-state index in [0.717, 1.165) is 16.5 Å². The van der Waals surface area contributed by atoms with Crippen molar-refractivity contribution in [3.8, 4) is 11.3 Å². The Morgan fingerprint density at radius 2 is 2.24 bits per heavy atom. The molecule has 1 atom stereocenters. The van der Waals surface area contributed by atoms with E-state index in [1.54, 1.807) is 6.20 Å². The Balaban J connectivity index is 2.04. The highest BCUT2D eigenvalue weighted by molar-refractivity contribution is 9.10. The van der Waals surface area contributed by atoms with Gasteiger partial charge in [-0.1, -0.05) is 47.5 Å². The lowest BCUT2D eigenvalue weighted by atomic mass is 10.2. The molecule has 0 saturated heterocycles. The second-order valence-electron chi connectivity index (χ2n) is 4.66. The average Bonchev–Trinajstić information content (AvgIpc) is 2.92. The second kappa shape index (κ2) is 7.38. The van der Waals surface area contributed by atoms with Gasteiger partial charge < -0.3 is 9.52 Å². The summed E-state index contributed by atoms with van der Waals surface area (Å²) in [5.74, 6) is 0.277. The summed E-state index contributed by atoms with van der Waals surface area (Å²) in [5, 5.41) is 12.0. The fourth-order valence-corrected chi connectivity index (χ4v) is 2.47.